The molecule has 2 aromatic rings. The van der Waals surface area contributed by atoms with E-state index < -0.39 is 23.5 Å². The highest BCUT2D eigenvalue weighted by Gasteiger charge is 2.35. The van der Waals surface area contributed by atoms with E-state index in [0.717, 1.165) is 17.7 Å². The van der Waals surface area contributed by atoms with Crippen LogP contribution in [0.3, 0.4) is 0 Å². The first-order valence-electron chi connectivity index (χ1n) is 9.46. The first-order chi connectivity index (χ1) is 14.0. The number of aromatic nitrogens is 1. The van der Waals surface area contributed by atoms with Crippen LogP contribution in [0.4, 0.5) is 4.39 Å². The summed E-state index contributed by atoms with van der Waals surface area (Å²) in [5.41, 5.74) is 0.882. The first-order valence-corrected chi connectivity index (χ1v) is 9.46. The largest absolute Gasteiger partial charge is 0.507 e. The zero-order valence-corrected chi connectivity index (χ0v) is 16.1. The molecular weight excluding hydrogens is 377 g/mol. The van der Waals surface area contributed by atoms with Gasteiger partial charge in [0.15, 0.2) is 0 Å². The number of phenols is 1. The van der Waals surface area contributed by atoms with Crippen molar-refractivity contribution in [2.75, 3.05) is 7.11 Å². The van der Waals surface area contributed by atoms with Gasteiger partial charge in [0, 0.05) is 38.0 Å². The molecule has 1 saturated carbocycles. The number of nitrogens with one attached hydrogen (secondary N) is 2. The predicted octanol–water partition coefficient (Wildman–Crippen LogP) is 2.16. The number of aromatic hydroxyl groups is 1. The lowest BCUT2D eigenvalue weighted by Gasteiger charge is -2.35. The minimum absolute atomic E-state index is 0.0237. The molecule has 1 aliphatic rings. The van der Waals surface area contributed by atoms with Crippen molar-refractivity contribution in [2.45, 2.75) is 38.0 Å². The van der Waals surface area contributed by atoms with Gasteiger partial charge in [-0.15, -0.1) is 0 Å². The first kappa shape index (κ1) is 20.7. The Bertz CT molecular complexity index is 862. The molecule has 3 N–H and O–H groups in total. The van der Waals surface area contributed by atoms with Crippen LogP contribution in [-0.2, 0) is 16.1 Å². The van der Waals surface area contributed by atoms with Crippen LogP contribution in [0.1, 0.15) is 35.2 Å². The van der Waals surface area contributed by atoms with Gasteiger partial charge in [-0.3, -0.25) is 14.6 Å². The van der Waals surface area contributed by atoms with Gasteiger partial charge >= 0.3 is 0 Å². The monoisotopic (exact) mass is 401 g/mol. The molecular formula is C21H24FN3O4. The number of pyridine rings is 1. The van der Waals surface area contributed by atoms with Gasteiger partial charge in [-0.05, 0) is 43.0 Å². The summed E-state index contributed by atoms with van der Waals surface area (Å²) in [5.74, 6) is -1.96. The summed E-state index contributed by atoms with van der Waals surface area (Å²) in [4.78, 5) is 29.2. The molecule has 154 valence electrons. The van der Waals surface area contributed by atoms with E-state index in [1.165, 1.54) is 6.07 Å². The van der Waals surface area contributed by atoms with Crippen molar-refractivity contribution in [2.24, 2.45) is 5.92 Å². The molecule has 1 aromatic carbocycles. The van der Waals surface area contributed by atoms with Gasteiger partial charge in [0.25, 0.3) is 5.91 Å². The third-order valence-corrected chi connectivity index (χ3v) is 5.17. The minimum Gasteiger partial charge on any atom is -0.507 e. The second-order valence-electron chi connectivity index (χ2n) is 7.10. The maximum absolute atomic E-state index is 13.2. The molecule has 3 atom stereocenters. The Morgan fingerprint density at radius 1 is 1.31 bits per heavy atom. The molecule has 1 aromatic heterocycles. The number of benzene rings is 1. The summed E-state index contributed by atoms with van der Waals surface area (Å²) in [6.07, 6.45) is 4.78. The number of carbonyl (C=O) groups is 2. The Kier molecular flexibility index (Phi) is 6.77. The predicted molar refractivity (Wildman–Crippen MR) is 104 cm³/mol. The Hall–Kier alpha value is -3.00. The highest BCUT2D eigenvalue weighted by molar-refractivity contribution is 5.97. The topological polar surface area (TPSA) is 101 Å². The van der Waals surface area contributed by atoms with Crippen LogP contribution >= 0.6 is 0 Å². The Morgan fingerprint density at radius 3 is 2.83 bits per heavy atom. The summed E-state index contributed by atoms with van der Waals surface area (Å²) >= 11 is 0. The quantitative estimate of drug-likeness (QED) is 0.689. The highest BCUT2D eigenvalue weighted by Crippen LogP contribution is 2.28. The van der Waals surface area contributed by atoms with Crippen molar-refractivity contribution < 1.29 is 23.8 Å². The number of carbonyl (C=O) groups excluding carboxylic acids is 2. The average molecular weight is 401 g/mol. The smallest absolute Gasteiger partial charge is 0.255 e. The van der Waals surface area contributed by atoms with Crippen LogP contribution in [0.15, 0.2) is 42.7 Å². The van der Waals surface area contributed by atoms with Crippen LogP contribution < -0.4 is 10.6 Å². The van der Waals surface area contributed by atoms with Gasteiger partial charge in [0.2, 0.25) is 5.91 Å². The van der Waals surface area contributed by atoms with Gasteiger partial charge < -0.3 is 20.5 Å². The van der Waals surface area contributed by atoms with Crippen molar-refractivity contribution in [3.05, 3.63) is 59.7 Å². The number of nitrogens with zero attached hydrogens (tertiary/aromatic N) is 1. The van der Waals surface area contributed by atoms with Crippen molar-refractivity contribution >= 4 is 11.8 Å². The van der Waals surface area contributed by atoms with Crippen LogP contribution in [0, 0.1) is 11.7 Å². The van der Waals surface area contributed by atoms with E-state index in [2.05, 4.69) is 15.6 Å². The number of rotatable bonds is 6. The summed E-state index contributed by atoms with van der Waals surface area (Å²) < 4.78 is 18.6. The molecule has 1 aliphatic carbocycles. The lowest BCUT2D eigenvalue weighted by molar-refractivity contribution is -0.127. The molecule has 0 unspecified atom stereocenters. The van der Waals surface area contributed by atoms with Crippen LogP contribution in [-0.4, -0.2) is 41.2 Å². The second kappa shape index (κ2) is 9.47. The molecule has 0 aliphatic heterocycles. The maximum Gasteiger partial charge on any atom is 0.255 e. The van der Waals surface area contributed by atoms with Crippen molar-refractivity contribution in [1.29, 1.82) is 0 Å². The van der Waals surface area contributed by atoms with Crippen molar-refractivity contribution in [3.63, 3.8) is 0 Å². The number of amides is 2. The minimum atomic E-state index is -0.628. The van der Waals surface area contributed by atoms with Crippen LogP contribution in [0.2, 0.25) is 0 Å². The summed E-state index contributed by atoms with van der Waals surface area (Å²) in [6, 6.07) is 6.51. The standard InChI is InChI=1S/C21H24FN3O4/c1-29-19-7-4-14(20(27)24-12-13-3-2-8-23-11-13)9-17(19)25-21(28)16-6-5-15(22)10-18(16)26/h2-3,5-6,8,10-11,14,17,19,26H,4,7,9,12H2,1H3,(H,24,27)(H,25,28)/t14-,17+,19+/m0/s1. The SMILES string of the molecule is CO[C@@H]1CC[C@H](C(=O)NCc2cccnc2)C[C@H]1NC(=O)c1ccc(F)cc1O. The van der Waals surface area contributed by atoms with Crippen LogP contribution in [0.5, 0.6) is 5.75 Å². The molecule has 0 spiro atoms. The Morgan fingerprint density at radius 2 is 2.14 bits per heavy atom. The summed E-state index contributed by atoms with van der Waals surface area (Å²) in [5, 5.41) is 15.6. The Balaban J connectivity index is 1.62. The van der Waals surface area contributed by atoms with Gasteiger partial charge in [0.05, 0.1) is 17.7 Å². The van der Waals surface area contributed by atoms with Crippen LogP contribution in [0.25, 0.3) is 0 Å². The van der Waals surface area contributed by atoms with E-state index >= 15 is 0 Å². The van der Waals surface area contributed by atoms with Gasteiger partial charge in [-0.2, -0.15) is 0 Å². The van der Waals surface area contributed by atoms with Gasteiger partial charge in [-0.1, -0.05) is 6.07 Å². The fraction of sp³-hybridized carbons (Fsp3) is 0.381. The third kappa shape index (κ3) is 5.29. The molecule has 0 radical (unpaired) electrons. The second-order valence-corrected chi connectivity index (χ2v) is 7.10. The molecule has 0 saturated heterocycles. The third-order valence-electron chi connectivity index (χ3n) is 5.17. The lowest BCUT2D eigenvalue weighted by atomic mass is 9.83. The number of hydrogen-bond acceptors (Lipinski definition) is 5. The van der Waals surface area contributed by atoms with Crippen molar-refractivity contribution in [3.8, 4) is 5.75 Å². The van der Waals surface area contributed by atoms with E-state index in [4.69, 9.17) is 4.74 Å². The lowest BCUT2D eigenvalue weighted by Crippen LogP contribution is -2.50. The number of methoxy groups -OCH3 is 1. The van der Waals surface area contributed by atoms with Gasteiger partial charge in [-0.25, -0.2) is 4.39 Å². The molecule has 1 fully saturated rings. The molecule has 8 heteroatoms. The number of phenolic OH excluding ortho intramolecular Hbond substituents is 1. The molecule has 0 bridgehead atoms. The van der Waals surface area contributed by atoms with E-state index in [9.17, 15) is 19.1 Å². The van der Waals surface area contributed by atoms with E-state index in [0.29, 0.717) is 25.8 Å². The number of ether oxygens (including phenoxy) is 1. The summed E-state index contributed by atoms with van der Waals surface area (Å²) in [6.45, 7) is 0.386. The van der Waals surface area contributed by atoms with Crippen molar-refractivity contribution in [1.82, 2.24) is 15.6 Å². The average Bonchev–Trinajstić information content (AvgIpc) is 2.72. The molecule has 1 heterocycles. The highest BCUT2D eigenvalue weighted by atomic mass is 19.1. The van der Waals surface area contributed by atoms with Gasteiger partial charge in [0.1, 0.15) is 11.6 Å². The molecule has 7 nitrogen and oxygen atoms in total. The molecule has 2 amide bonds. The molecule has 29 heavy (non-hydrogen) atoms. The van der Waals surface area contributed by atoms with E-state index in [-0.39, 0.29) is 23.5 Å². The Labute approximate surface area is 168 Å². The number of hydrogen-bond donors (Lipinski definition) is 3. The fourth-order valence-corrected chi connectivity index (χ4v) is 3.59. The van der Waals surface area contributed by atoms with E-state index in [1.807, 2.05) is 12.1 Å². The normalized spacial score (nSPS) is 21.4. The fourth-order valence-electron chi connectivity index (χ4n) is 3.59. The number of halogens is 1. The zero-order chi connectivity index (χ0) is 20.8. The molecule has 3 rings (SSSR count). The zero-order valence-electron chi connectivity index (χ0n) is 16.1. The van der Waals surface area contributed by atoms with E-state index in [1.54, 1.807) is 19.5 Å². The summed E-state index contributed by atoms with van der Waals surface area (Å²) in [7, 11) is 1.56. The maximum atomic E-state index is 13.2.